The van der Waals surface area contributed by atoms with Crippen LogP contribution in [0.4, 0.5) is 4.79 Å². The van der Waals surface area contributed by atoms with E-state index in [1.54, 1.807) is 7.11 Å². The fraction of sp³-hybridized carbons (Fsp3) is 0.467. The molecule has 0 bridgehead atoms. The Labute approximate surface area is 123 Å². The first kappa shape index (κ1) is 15.2. The summed E-state index contributed by atoms with van der Waals surface area (Å²) in [6.07, 6.45) is 2.59. The first-order valence-electron chi connectivity index (χ1n) is 6.99. The molecule has 0 spiro atoms. The van der Waals surface area contributed by atoms with Crippen molar-refractivity contribution in [1.82, 2.24) is 10.6 Å². The highest BCUT2D eigenvalue weighted by Crippen LogP contribution is 2.29. The molecular formula is C15H20N2O4. The number of methoxy groups -OCH3 is 1. The van der Waals surface area contributed by atoms with Crippen LogP contribution in [0.3, 0.4) is 0 Å². The summed E-state index contributed by atoms with van der Waals surface area (Å²) in [5.41, 5.74) is -0.281. The standard InChI is InChI=1S/C15H20N2O4/c1-21-12-7-3-2-6-11(12)10-16-14(20)17-15(13(18)19)8-4-5-9-15/h2-3,6-7H,4-5,8-10H2,1H3,(H,18,19)(H2,16,17,20). The van der Waals surface area contributed by atoms with Gasteiger partial charge in [0.15, 0.2) is 0 Å². The summed E-state index contributed by atoms with van der Waals surface area (Å²) < 4.78 is 5.20. The lowest BCUT2D eigenvalue weighted by atomic mass is 9.98. The second kappa shape index (κ2) is 6.47. The number of carbonyl (C=O) groups is 2. The van der Waals surface area contributed by atoms with E-state index in [1.165, 1.54) is 0 Å². The van der Waals surface area contributed by atoms with Gasteiger partial charge in [-0.25, -0.2) is 9.59 Å². The molecule has 1 fully saturated rings. The van der Waals surface area contributed by atoms with Gasteiger partial charge in [-0.2, -0.15) is 0 Å². The van der Waals surface area contributed by atoms with Gasteiger partial charge in [0.1, 0.15) is 11.3 Å². The number of carboxylic acids is 1. The Bertz CT molecular complexity index is 524. The number of rotatable bonds is 5. The minimum Gasteiger partial charge on any atom is -0.496 e. The van der Waals surface area contributed by atoms with Gasteiger partial charge in [-0.3, -0.25) is 0 Å². The molecule has 2 amide bonds. The molecule has 0 heterocycles. The normalized spacial score (nSPS) is 16.2. The number of benzene rings is 1. The molecule has 2 rings (SSSR count). The highest BCUT2D eigenvalue weighted by molar-refractivity contribution is 5.86. The van der Waals surface area contributed by atoms with E-state index in [0.29, 0.717) is 18.6 Å². The monoisotopic (exact) mass is 292 g/mol. The number of carbonyl (C=O) groups excluding carboxylic acids is 1. The molecule has 0 atom stereocenters. The maximum atomic E-state index is 12.0. The lowest BCUT2D eigenvalue weighted by Gasteiger charge is -2.25. The zero-order valence-corrected chi connectivity index (χ0v) is 12.0. The van der Waals surface area contributed by atoms with Gasteiger partial charge in [-0.05, 0) is 18.9 Å². The van der Waals surface area contributed by atoms with Crippen LogP contribution in [-0.2, 0) is 11.3 Å². The maximum absolute atomic E-state index is 12.0. The highest BCUT2D eigenvalue weighted by Gasteiger charge is 2.42. The summed E-state index contributed by atoms with van der Waals surface area (Å²) in [5, 5.41) is 14.6. The molecule has 1 aromatic rings. The van der Waals surface area contributed by atoms with Gasteiger partial charge in [-0.1, -0.05) is 31.0 Å². The van der Waals surface area contributed by atoms with Crippen LogP contribution in [0.5, 0.6) is 5.75 Å². The topological polar surface area (TPSA) is 87.7 Å². The third kappa shape index (κ3) is 3.45. The Hall–Kier alpha value is -2.24. The van der Waals surface area contributed by atoms with Gasteiger partial charge < -0.3 is 20.5 Å². The molecule has 0 saturated heterocycles. The van der Waals surface area contributed by atoms with Gasteiger partial charge >= 0.3 is 12.0 Å². The van der Waals surface area contributed by atoms with Gasteiger partial charge in [-0.15, -0.1) is 0 Å². The molecule has 114 valence electrons. The molecule has 6 heteroatoms. The average molecular weight is 292 g/mol. The van der Waals surface area contributed by atoms with Crippen LogP contribution in [0.15, 0.2) is 24.3 Å². The molecule has 1 aliphatic rings. The van der Waals surface area contributed by atoms with E-state index in [2.05, 4.69) is 10.6 Å². The van der Waals surface area contributed by atoms with E-state index in [1.807, 2.05) is 24.3 Å². The molecule has 0 aliphatic heterocycles. The third-order valence-electron chi connectivity index (χ3n) is 3.85. The van der Waals surface area contributed by atoms with E-state index >= 15 is 0 Å². The zero-order valence-electron chi connectivity index (χ0n) is 12.0. The Morgan fingerprint density at radius 1 is 1.29 bits per heavy atom. The number of aliphatic carboxylic acids is 1. The number of amides is 2. The van der Waals surface area contributed by atoms with Crippen LogP contribution >= 0.6 is 0 Å². The maximum Gasteiger partial charge on any atom is 0.329 e. The van der Waals surface area contributed by atoms with Crippen LogP contribution in [0.25, 0.3) is 0 Å². The molecular weight excluding hydrogens is 272 g/mol. The number of hydrogen-bond acceptors (Lipinski definition) is 3. The second-order valence-corrected chi connectivity index (χ2v) is 5.21. The van der Waals surface area contributed by atoms with Gasteiger partial charge in [0.2, 0.25) is 0 Å². The number of urea groups is 1. The summed E-state index contributed by atoms with van der Waals surface area (Å²) >= 11 is 0. The van der Waals surface area contributed by atoms with Crippen molar-refractivity contribution in [1.29, 1.82) is 0 Å². The molecule has 0 unspecified atom stereocenters. The van der Waals surface area contributed by atoms with Crippen molar-refractivity contribution in [2.45, 2.75) is 37.8 Å². The van der Waals surface area contributed by atoms with Crippen molar-refractivity contribution >= 4 is 12.0 Å². The van der Waals surface area contributed by atoms with Crippen molar-refractivity contribution in [3.05, 3.63) is 29.8 Å². The Morgan fingerprint density at radius 3 is 2.57 bits per heavy atom. The van der Waals surface area contributed by atoms with Gasteiger partial charge in [0.25, 0.3) is 0 Å². The molecule has 1 aromatic carbocycles. The minimum atomic E-state index is -1.12. The number of carboxylic acid groups (broad SMARTS) is 1. The van der Waals surface area contributed by atoms with Crippen molar-refractivity contribution in [3.63, 3.8) is 0 Å². The number of hydrogen-bond donors (Lipinski definition) is 3. The molecule has 21 heavy (non-hydrogen) atoms. The van der Waals surface area contributed by atoms with E-state index in [4.69, 9.17) is 4.74 Å². The van der Waals surface area contributed by atoms with Crippen molar-refractivity contribution < 1.29 is 19.4 Å². The van der Waals surface area contributed by atoms with E-state index < -0.39 is 17.5 Å². The highest BCUT2D eigenvalue weighted by atomic mass is 16.5. The average Bonchev–Trinajstić information content (AvgIpc) is 2.95. The van der Waals surface area contributed by atoms with Crippen LogP contribution < -0.4 is 15.4 Å². The van der Waals surface area contributed by atoms with Crippen LogP contribution in [0, 0.1) is 0 Å². The summed E-state index contributed by atoms with van der Waals surface area (Å²) in [4.78, 5) is 23.3. The number of nitrogens with one attached hydrogen (secondary N) is 2. The number of ether oxygens (including phenoxy) is 1. The second-order valence-electron chi connectivity index (χ2n) is 5.21. The SMILES string of the molecule is COc1ccccc1CNC(=O)NC1(C(=O)O)CCCC1. The molecule has 3 N–H and O–H groups in total. The fourth-order valence-electron chi connectivity index (χ4n) is 2.66. The lowest BCUT2D eigenvalue weighted by molar-refractivity contribution is -0.144. The van der Waals surface area contributed by atoms with Crippen molar-refractivity contribution in [2.75, 3.05) is 7.11 Å². The lowest BCUT2D eigenvalue weighted by Crippen LogP contribution is -2.55. The van der Waals surface area contributed by atoms with E-state index in [-0.39, 0.29) is 6.54 Å². The molecule has 6 nitrogen and oxygen atoms in total. The molecule has 0 aromatic heterocycles. The number of para-hydroxylation sites is 1. The van der Waals surface area contributed by atoms with Crippen LogP contribution in [0.2, 0.25) is 0 Å². The summed E-state index contributed by atoms with van der Waals surface area (Å²) in [5.74, 6) is -0.279. The summed E-state index contributed by atoms with van der Waals surface area (Å²) in [7, 11) is 1.57. The quantitative estimate of drug-likeness (QED) is 0.773. The fourth-order valence-corrected chi connectivity index (χ4v) is 2.66. The summed E-state index contributed by atoms with van der Waals surface area (Å²) in [6.45, 7) is 0.283. The largest absolute Gasteiger partial charge is 0.496 e. The Morgan fingerprint density at radius 2 is 1.95 bits per heavy atom. The van der Waals surface area contributed by atoms with E-state index in [0.717, 1.165) is 18.4 Å². The summed E-state index contributed by atoms with van der Waals surface area (Å²) in [6, 6.07) is 6.89. The van der Waals surface area contributed by atoms with Gasteiger partial charge in [0.05, 0.1) is 7.11 Å². The van der Waals surface area contributed by atoms with Crippen molar-refractivity contribution in [3.8, 4) is 5.75 Å². The van der Waals surface area contributed by atoms with Crippen LogP contribution in [-0.4, -0.2) is 29.8 Å². The Kier molecular flexibility index (Phi) is 4.67. The smallest absolute Gasteiger partial charge is 0.329 e. The van der Waals surface area contributed by atoms with Crippen molar-refractivity contribution in [2.24, 2.45) is 0 Å². The predicted octanol–water partition coefficient (Wildman–Crippen LogP) is 1.89. The van der Waals surface area contributed by atoms with Crippen LogP contribution in [0.1, 0.15) is 31.2 Å². The minimum absolute atomic E-state index is 0.283. The molecule has 1 aliphatic carbocycles. The third-order valence-corrected chi connectivity index (χ3v) is 3.85. The molecule has 1 saturated carbocycles. The van der Waals surface area contributed by atoms with Gasteiger partial charge in [0, 0.05) is 12.1 Å². The predicted molar refractivity (Wildman–Crippen MR) is 77.2 cm³/mol. The first-order chi connectivity index (χ1) is 10.1. The zero-order chi connectivity index (χ0) is 15.3. The molecule has 0 radical (unpaired) electrons. The Balaban J connectivity index is 1.94. The van der Waals surface area contributed by atoms with E-state index in [9.17, 15) is 14.7 Å². The first-order valence-corrected chi connectivity index (χ1v) is 6.99.